The molecule has 2 amide bonds. The summed E-state index contributed by atoms with van der Waals surface area (Å²) in [4.78, 5) is 27.7. The minimum atomic E-state index is -3.81. The molecule has 1 N–H and O–H groups in total. The number of sulfonamides is 1. The van der Waals surface area contributed by atoms with E-state index in [0.29, 0.717) is 17.8 Å². The second-order valence-corrected chi connectivity index (χ2v) is 10.9. The van der Waals surface area contributed by atoms with Crippen molar-refractivity contribution in [1.29, 1.82) is 0 Å². The molecule has 0 unspecified atom stereocenters. The van der Waals surface area contributed by atoms with Gasteiger partial charge in [0, 0.05) is 13.1 Å². The number of amides is 2. The molecule has 35 heavy (non-hydrogen) atoms. The van der Waals surface area contributed by atoms with Gasteiger partial charge in [0.15, 0.2) is 0 Å². The van der Waals surface area contributed by atoms with Crippen LogP contribution in [0.2, 0.25) is 0 Å². The van der Waals surface area contributed by atoms with Gasteiger partial charge >= 0.3 is 0 Å². The molecule has 2 aromatic carbocycles. The predicted octanol–water partition coefficient (Wildman–Crippen LogP) is 4.05. The Bertz CT molecular complexity index is 1100. The number of carbonyl (C=O) groups is 2. The number of hydrogen-bond acceptors (Lipinski definition) is 4. The zero-order valence-corrected chi connectivity index (χ0v) is 21.9. The van der Waals surface area contributed by atoms with Crippen LogP contribution in [0.25, 0.3) is 0 Å². The number of para-hydroxylation sites is 1. The lowest BCUT2D eigenvalue weighted by Gasteiger charge is -2.32. The molecule has 0 saturated carbocycles. The van der Waals surface area contributed by atoms with Gasteiger partial charge in [0.25, 0.3) is 0 Å². The first-order chi connectivity index (χ1) is 16.5. The number of carbonyl (C=O) groups excluding carboxylic acids is 2. The Morgan fingerprint density at radius 1 is 1.03 bits per heavy atom. The lowest BCUT2D eigenvalue weighted by molar-refractivity contribution is -0.139. The van der Waals surface area contributed by atoms with Crippen molar-refractivity contribution >= 4 is 27.5 Å². The van der Waals surface area contributed by atoms with E-state index in [1.807, 2.05) is 32.9 Å². The third kappa shape index (κ3) is 8.06. The minimum absolute atomic E-state index is 0.0316. The fraction of sp³-hybridized carbons (Fsp3) is 0.462. The summed E-state index contributed by atoms with van der Waals surface area (Å²) in [6.45, 7) is 7.57. The zero-order chi connectivity index (χ0) is 26.2. The van der Waals surface area contributed by atoms with Crippen LogP contribution in [0.15, 0.2) is 48.5 Å². The van der Waals surface area contributed by atoms with Crippen LogP contribution in [0, 0.1) is 5.82 Å². The Morgan fingerprint density at radius 3 is 2.23 bits per heavy atom. The second-order valence-electron chi connectivity index (χ2n) is 8.95. The van der Waals surface area contributed by atoms with Crippen molar-refractivity contribution < 1.29 is 22.4 Å². The smallest absolute Gasteiger partial charge is 0.244 e. The maximum atomic E-state index is 13.6. The Labute approximate surface area is 208 Å². The molecule has 0 aromatic heterocycles. The van der Waals surface area contributed by atoms with Crippen molar-refractivity contribution in [3.63, 3.8) is 0 Å². The molecule has 9 heteroatoms. The maximum Gasteiger partial charge on any atom is 0.244 e. The molecule has 0 spiro atoms. The number of unbranched alkanes of at least 4 members (excludes halogenated alkanes) is 1. The van der Waals surface area contributed by atoms with Gasteiger partial charge in [0.2, 0.25) is 21.8 Å². The molecule has 0 radical (unpaired) electrons. The van der Waals surface area contributed by atoms with Crippen LogP contribution in [0.3, 0.4) is 0 Å². The lowest BCUT2D eigenvalue weighted by atomic mass is 10.0. The first-order valence-corrected chi connectivity index (χ1v) is 13.7. The molecular formula is C26H36FN3O4S. The van der Waals surface area contributed by atoms with E-state index in [1.165, 1.54) is 17.0 Å². The van der Waals surface area contributed by atoms with Crippen LogP contribution in [-0.2, 0) is 26.2 Å². The van der Waals surface area contributed by atoms with Crippen LogP contribution in [-0.4, -0.2) is 50.5 Å². The Hall–Kier alpha value is -2.94. The molecule has 2 rings (SSSR count). The molecule has 2 aromatic rings. The third-order valence-corrected chi connectivity index (χ3v) is 6.90. The molecule has 0 aliphatic carbocycles. The van der Waals surface area contributed by atoms with E-state index in [4.69, 9.17) is 0 Å². The normalized spacial score (nSPS) is 12.3. The quantitative estimate of drug-likeness (QED) is 0.441. The highest BCUT2D eigenvalue weighted by Crippen LogP contribution is 2.29. The fourth-order valence-corrected chi connectivity index (χ4v) is 4.57. The number of nitrogens with one attached hydrogen (secondary N) is 1. The molecule has 0 aliphatic rings. The van der Waals surface area contributed by atoms with Gasteiger partial charge in [-0.05, 0) is 48.6 Å². The molecular weight excluding hydrogens is 469 g/mol. The number of rotatable bonds is 12. The maximum absolute atomic E-state index is 13.6. The first-order valence-electron chi connectivity index (χ1n) is 11.8. The highest BCUT2D eigenvalue weighted by molar-refractivity contribution is 7.92. The van der Waals surface area contributed by atoms with Crippen molar-refractivity contribution in [2.24, 2.45) is 0 Å². The van der Waals surface area contributed by atoms with E-state index < -0.39 is 34.3 Å². The van der Waals surface area contributed by atoms with E-state index in [9.17, 15) is 22.4 Å². The van der Waals surface area contributed by atoms with Crippen LogP contribution in [0.5, 0.6) is 0 Å². The van der Waals surface area contributed by atoms with E-state index in [-0.39, 0.29) is 18.4 Å². The first kappa shape index (κ1) is 28.3. The number of benzene rings is 2. The molecule has 0 aliphatic heterocycles. The Kier molecular flexibility index (Phi) is 10.2. The molecule has 0 fully saturated rings. The van der Waals surface area contributed by atoms with Gasteiger partial charge in [-0.3, -0.25) is 13.9 Å². The van der Waals surface area contributed by atoms with Gasteiger partial charge in [0.1, 0.15) is 18.4 Å². The monoisotopic (exact) mass is 505 g/mol. The largest absolute Gasteiger partial charge is 0.354 e. The van der Waals surface area contributed by atoms with Gasteiger partial charge in [-0.25, -0.2) is 12.8 Å². The zero-order valence-electron chi connectivity index (χ0n) is 21.1. The molecule has 7 nitrogen and oxygen atoms in total. The van der Waals surface area contributed by atoms with E-state index in [2.05, 4.69) is 5.32 Å². The summed E-state index contributed by atoms with van der Waals surface area (Å²) in [7, 11) is -3.81. The van der Waals surface area contributed by atoms with Gasteiger partial charge < -0.3 is 10.2 Å². The van der Waals surface area contributed by atoms with Crippen LogP contribution in [0.1, 0.15) is 57.6 Å². The summed E-state index contributed by atoms with van der Waals surface area (Å²) in [5.74, 6) is -1.24. The molecule has 0 bridgehead atoms. The summed E-state index contributed by atoms with van der Waals surface area (Å²) in [5.41, 5.74) is 1.85. The van der Waals surface area contributed by atoms with Gasteiger partial charge in [0.05, 0.1) is 11.9 Å². The summed E-state index contributed by atoms with van der Waals surface area (Å²) in [6, 6.07) is 11.9. The average molecular weight is 506 g/mol. The van der Waals surface area contributed by atoms with Crippen molar-refractivity contribution in [1.82, 2.24) is 10.2 Å². The average Bonchev–Trinajstić information content (AvgIpc) is 2.80. The standard InChI is InChI=1S/C26H36FN3O4S/c1-6-7-16-28-26(32)20(4)29(17-21-12-14-22(27)15-13-21)25(31)18-30(35(5,33)34)24-11-9-8-10-23(24)19(2)3/h8-15,19-20H,6-7,16-18H2,1-5H3,(H,28,32)/t20-/m1/s1. The van der Waals surface area contributed by atoms with Crippen molar-refractivity contribution in [2.75, 3.05) is 23.7 Å². The van der Waals surface area contributed by atoms with Crippen molar-refractivity contribution in [3.8, 4) is 0 Å². The SMILES string of the molecule is CCCCNC(=O)[C@@H](C)N(Cc1ccc(F)cc1)C(=O)CN(c1ccccc1C(C)C)S(C)(=O)=O. The second kappa shape index (κ2) is 12.7. The number of nitrogens with zero attached hydrogens (tertiary/aromatic N) is 2. The summed E-state index contributed by atoms with van der Waals surface area (Å²) in [5, 5.41) is 2.83. The Morgan fingerprint density at radius 2 is 1.66 bits per heavy atom. The summed E-state index contributed by atoms with van der Waals surface area (Å²) in [6.07, 6.45) is 2.77. The Balaban J connectivity index is 2.40. The lowest BCUT2D eigenvalue weighted by Crippen LogP contribution is -2.51. The van der Waals surface area contributed by atoms with Gasteiger partial charge in [-0.1, -0.05) is 57.5 Å². The van der Waals surface area contributed by atoms with E-state index in [0.717, 1.165) is 29.0 Å². The van der Waals surface area contributed by atoms with Crippen molar-refractivity contribution in [2.45, 2.75) is 59.0 Å². The van der Waals surface area contributed by atoms with Gasteiger partial charge in [-0.15, -0.1) is 0 Å². The van der Waals surface area contributed by atoms with E-state index >= 15 is 0 Å². The molecule has 1 atom stereocenters. The topological polar surface area (TPSA) is 86.8 Å². The highest BCUT2D eigenvalue weighted by Gasteiger charge is 2.31. The van der Waals surface area contributed by atoms with Crippen LogP contribution < -0.4 is 9.62 Å². The van der Waals surface area contributed by atoms with E-state index in [1.54, 1.807) is 31.2 Å². The summed E-state index contributed by atoms with van der Waals surface area (Å²) >= 11 is 0. The summed E-state index contributed by atoms with van der Waals surface area (Å²) < 4.78 is 40.1. The highest BCUT2D eigenvalue weighted by atomic mass is 32.2. The molecule has 192 valence electrons. The fourth-order valence-electron chi connectivity index (χ4n) is 3.70. The van der Waals surface area contributed by atoms with Crippen LogP contribution >= 0.6 is 0 Å². The molecule has 0 heterocycles. The minimum Gasteiger partial charge on any atom is -0.354 e. The molecule has 0 saturated heterocycles. The predicted molar refractivity (Wildman–Crippen MR) is 137 cm³/mol. The number of halogens is 1. The third-order valence-electron chi connectivity index (χ3n) is 5.77. The van der Waals surface area contributed by atoms with Crippen molar-refractivity contribution in [3.05, 3.63) is 65.5 Å². The number of anilines is 1. The van der Waals surface area contributed by atoms with Gasteiger partial charge in [-0.2, -0.15) is 0 Å². The van der Waals surface area contributed by atoms with Crippen LogP contribution in [0.4, 0.5) is 10.1 Å². The number of hydrogen-bond donors (Lipinski definition) is 1.